The molecule has 0 aromatic carbocycles. The lowest BCUT2D eigenvalue weighted by molar-refractivity contribution is -0.136. The lowest BCUT2D eigenvalue weighted by Gasteiger charge is -2.31. The molecule has 0 aromatic rings. The predicted octanol–water partition coefficient (Wildman–Crippen LogP) is 0.672. The molecule has 6 heteroatoms. The van der Waals surface area contributed by atoms with Crippen LogP contribution in [0.25, 0.3) is 0 Å². The van der Waals surface area contributed by atoms with Gasteiger partial charge >= 0.3 is 12.0 Å². The highest BCUT2D eigenvalue weighted by molar-refractivity contribution is 5.75. The van der Waals surface area contributed by atoms with Gasteiger partial charge in [-0.05, 0) is 19.8 Å². The van der Waals surface area contributed by atoms with Crippen molar-refractivity contribution in [3.05, 3.63) is 0 Å². The molecule has 1 aliphatic rings. The highest BCUT2D eigenvalue weighted by Gasteiger charge is 2.22. The van der Waals surface area contributed by atoms with Gasteiger partial charge < -0.3 is 20.1 Å². The van der Waals surface area contributed by atoms with Crippen LogP contribution in [0.4, 0.5) is 4.79 Å². The van der Waals surface area contributed by atoms with Crippen LogP contribution in [-0.4, -0.2) is 54.4 Å². The van der Waals surface area contributed by atoms with Gasteiger partial charge in [0.2, 0.25) is 0 Å². The van der Waals surface area contributed by atoms with Crippen LogP contribution in [0.1, 0.15) is 26.2 Å². The smallest absolute Gasteiger partial charge is 0.317 e. The van der Waals surface area contributed by atoms with Gasteiger partial charge in [-0.15, -0.1) is 0 Å². The normalized spacial score (nSPS) is 16.9. The molecule has 1 saturated heterocycles. The van der Waals surface area contributed by atoms with E-state index in [2.05, 4.69) is 5.32 Å². The minimum absolute atomic E-state index is 0.0405. The Morgan fingerprint density at radius 1 is 1.41 bits per heavy atom. The lowest BCUT2D eigenvalue weighted by Crippen LogP contribution is -2.46. The standard InChI is InChI=1S/C11H20N2O4/c1-2-17-9-4-7-13(8-5-9)11(16)12-6-3-10(14)15/h9H,2-8H2,1H3,(H,12,16)(H,14,15). The summed E-state index contributed by atoms with van der Waals surface area (Å²) in [6.45, 7) is 4.19. The maximum Gasteiger partial charge on any atom is 0.317 e. The number of carboxylic acid groups (broad SMARTS) is 1. The number of urea groups is 1. The summed E-state index contributed by atoms with van der Waals surface area (Å²) in [6.07, 6.45) is 1.91. The van der Waals surface area contributed by atoms with Crippen molar-refractivity contribution in [2.45, 2.75) is 32.3 Å². The van der Waals surface area contributed by atoms with E-state index in [1.165, 1.54) is 0 Å². The number of rotatable bonds is 5. The van der Waals surface area contributed by atoms with Gasteiger partial charge in [0.1, 0.15) is 0 Å². The molecule has 0 unspecified atom stereocenters. The van der Waals surface area contributed by atoms with Crippen LogP contribution in [0.2, 0.25) is 0 Å². The molecule has 6 nitrogen and oxygen atoms in total. The number of nitrogens with one attached hydrogen (secondary N) is 1. The second kappa shape index (κ2) is 7.11. The van der Waals surface area contributed by atoms with Gasteiger partial charge in [-0.3, -0.25) is 4.79 Å². The number of amides is 2. The molecule has 17 heavy (non-hydrogen) atoms. The van der Waals surface area contributed by atoms with E-state index in [4.69, 9.17) is 9.84 Å². The van der Waals surface area contributed by atoms with Crippen molar-refractivity contribution in [1.29, 1.82) is 0 Å². The second-order valence-electron chi connectivity index (χ2n) is 4.02. The van der Waals surface area contributed by atoms with Crippen LogP contribution in [0.5, 0.6) is 0 Å². The molecule has 2 amide bonds. The monoisotopic (exact) mass is 244 g/mol. The molecule has 0 aliphatic carbocycles. The number of ether oxygens (including phenoxy) is 1. The summed E-state index contributed by atoms with van der Waals surface area (Å²) in [5.74, 6) is -0.902. The van der Waals surface area contributed by atoms with E-state index in [1.807, 2.05) is 6.92 Å². The molecule has 1 heterocycles. The first kappa shape index (κ1) is 13.8. The molecule has 0 atom stereocenters. The molecule has 1 aliphatic heterocycles. The summed E-state index contributed by atoms with van der Waals surface area (Å²) >= 11 is 0. The molecule has 2 N–H and O–H groups in total. The Balaban J connectivity index is 2.19. The topological polar surface area (TPSA) is 78.9 Å². The average Bonchev–Trinajstić information content (AvgIpc) is 2.30. The highest BCUT2D eigenvalue weighted by atomic mass is 16.5. The van der Waals surface area contributed by atoms with Gasteiger partial charge in [0.05, 0.1) is 12.5 Å². The Labute approximate surface area is 101 Å². The Hall–Kier alpha value is -1.30. The van der Waals surface area contributed by atoms with E-state index in [0.29, 0.717) is 19.7 Å². The molecular formula is C11H20N2O4. The summed E-state index contributed by atoms with van der Waals surface area (Å²) in [7, 11) is 0. The zero-order valence-electron chi connectivity index (χ0n) is 10.1. The SMILES string of the molecule is CCOC1CCN(C(=O)NCCC(=O)O)CC1. The van der Waals surface area contributed by atoms with Gasteiger partial charge in [-0.2, -0.15) is 0 Å². The number of piperidine rings is 1. The van der Waals surface area contributed by atoms with Gasteiger partial charge in [-0.25, -0.2) is 4.79 Å². The van der Waals surface area contributed by atoms with E-state index < -0.39 is 5.97 Å². The summed E-state index contributed by atoms with van der Waals surface area (Å²) in [4.78, 5) is 23.6. The van der Waals surface area contributed by atoms with Gasteiger partial charge in [0.15, 0.2) is 0 Å². The first-order chi connectivity index (χ1) is 8.13. The zero-order valence-corrected chi connectivity index (χ0v) is 10.1. The predicted molar refractivity (Wildman–Crippen MR) is 61.9 cm³/mol. The van der Waals surface area contributed by atoms with Crippen LogP contribution >= 0.6 is 0 Å². The van der Waals surface area contributed by atoms with E-state index >= 15 is 0 Å². The summed E-state index contributed by atoms with van der Waals surface area (Å²) in [5, 5.41) is 11.0. The number of aliphatic carboxylic acids is 1. The maximum absolute atomic E-state index is 11.6. The van der Waals surface area contributed by atoms with Crippen molar-refractivity contribution in [2.24, 2.45) is 0 Å². The van der Waals surface area contributed by atoms with E-state index in [-0.39, 0.29) is 25.1 Å². The lowest BCUT2D eigenvalue weighted by atomic mass is 10.1. The number of hydrogen-bond acceptors (Lipinski definition) is 3. The number of likely N-dealkylation sites (tertiary alicyclic amines) is 1. The third kappa shape index (κ3) is 5.04. The Morgan fingerprint density at radius 3 is 2.59 bits per heavy atom. The van der Waals surface area contributed by atoms with Gasteiger partial charge in [-0.1, -0.05) is 0 Å². The molecule has 1 rings (SSSR count). The second-order valence-corrected chi connectivity index (χ2v) is 4.02. The first-order valence-electron chi connectivity index (χ1n) is 5.99. The van der Waals surface area contributed by atoms with Crippen LogP contribution in [0.3, 0.4) is 0 Å². The molecule has 98 valence electrons. The minimum Gasteiger partial charge on any atom is -0.481 e. The summed E-state index contributed by atoms with van der Waals surface area (Å²) < 4.78 is 5.49. The van der Waals surface area contributed by atoms with E-state index in [9.17, 15) is 9.59 Å². The average molecular weight is 244 g/mol. The fourth-order valence-corrected chi connectivity index (χ4v) is 1.85. The van der Waals surface area contributed by atoms with Crippen LogP contribution < -0.4 is 5.32 Å². The number of carboxylic acids is 1. The fraction of sp³-hybridized carbons (Fsp3) is 0.818. The van der Waals surface area contributed by atoms with Gasteiger partial charge in [0, 0.05) is 26.2 Å². The highest BCUT2D eigenvalue weighted by Crippen LogP contribution is 2.13. The van der Waals surface area contributed by atoms with E-state index in [0.717, 1.165) is 12.8 Å². The van der Waals surface area contributed by atoms with Crippen molar-refractivity contribution in [3.8, 4) is 0 Å². The van der Waals surface area contributed by atoms with Crippen LogP contribution in [0.15, 0.2) is 0 Å². The Bertz CT molecular complexity index is 262. The zero-order chi connectivity index (χ0) is 12.7. The number of hydrogen-bond donors (Lipinski definition) is 2. The number of carbonyl (C=O) groups excluding carboxylic acids is 1. The molecule has 0 aromatic heterocycles. The molecule has 0 saturated carbocycles. The molecular weight excluding hydrogens is 224 g/mol. The third-order valence-electron chi connectivity index (χ3n) is 2.75. The Kier molecular flexibility index (Phi) is 5.76. The summed E-state index contributed by atoms with van der Waals surface area (Å²) in [5.41, 5.74) is 0. The minimum atomic E-state index is -0.902. The van der Waals surface area contributed by atoms with Crippen molar-refractivity contribution in [3.63, 3.8) is 0 Å². The third-order valence-corrected chi connectivity index (χ3v) is 2.75. The summed E-state index contributed by atoms with van der Waals surface area (Å²) in [6, 6.07) is -0.179. The molecule has 0 spiro atoms. The van der Waals surface area contributed by atoms with E-state index in [1.54, 1.807) is 4.90 Å². The van der Waals surface area contributed by atoms with Crippen molar-refractivity contribution in [1.82, 2.24) is 10.2 Å². The quantitative estimate of drug-likeness (QED) is 0.745. The molecule has 1 fully saturated rings. The van der Waals surface area contributed by atoms with Gasteiger partial charge in [0.25, 0.3) is 0 Å². The van der Waals surface area contributed by atoms with Crippen molar-refractivity contribution >= 4 is 12.0 Å². The van der Waals surface area contributed by atoms with Crippen molar-refractivity contribution < 1.29 is 19.4 Å². The molecule has 0 radical (unpaired) electrons. The number of nitrogens with zero attached hydrogens (tertiary/aromatic N) is 1. The molecule has 0 bridgehead atoms. The Morgan fingerprint density at radius 2 is 2.06 bits per heavy atom. The largest absolute Gasteiger partial charge is 0.481 e. The fourth-order valence-electron chi connectivity index (χ4n) is 1.85. The number of carbonyl (C=O) groups is 2. The van der Waals surface area contributed by atoms with Crippen LogP contribution in [-0.2, 0) is 9.53 Å². The van der Waals surface area contributed by atoms with Crippen LogP contribution in [0, 0.1) is 0 Å². The van der Waals surface area contributed by atoms with Crippen molar-refractivity contribution in [2.75, 3.05) is 26.2 Å². The maximum atomic E-state index is 11.6. The first-order valence-corrected chi connectivity index (χ1v) is 5.99.